The van der Waals surface area contributed by atoms with Crippen molar-refractivity contribution in [3.63, 3.8) is 0 Å². The Bertz CT molecular complexity index is 538. The van der Waals surface area contributed by atoms with Gasteiger partial charge >= 0.3 is 0 Å². The van der Waals surface area contributed by atoms with Gasteiger partial charge in [-0.2, -0.15) is 0 Å². The Morgan fingerprint density at radius 2 is 2.17 bits per heavy atom. The molecule has 2 aromatic heterocycles. The SMILES string of the molecule is Cc1nc(CC(=O)NCN)sc1-c1ccncc1. The van der Waals surface area contributed by atoms with Gasteiger partial charge in [0.25, 0.3) is 0 Å². The maximum Gasteiger partial charge on any atom is 0.227 e. The van der Waals surface area contributed by atoms with E-state index in [9.17, 15) is 4.79 Å². The Hall–Kier alpha value is -1.79. The summed E-state index contributed by atoms with van der Waals surface area (Å²) in [5.41, 5.74) is 7.26. The first-order valence-corrected chi connectivity index (χ1v) is 6.36. The molecule has 6 heteroatoms. The summed E-state index contributed by atoms with van der Waals surface area (Å²) in [6.07, 6.45) is 3.76. The Labute approximate surface area is 109 Å². The normalized spacial score (nSPS) is 10.3. The van der Waals surface area contributed by atoms with Crippen molar-refractivity contribution in [1.82, 2.24) is 15.3 Å². The first kappa shape index (κ1) is 12.7. The zero-order valence-electron chi connectivity index (χ0n) is 10.0. The average Bonchev–Trinajstić information content (AvgIpc) is 2.71. The second kappa shape index (κ2) is 5.70. The van der Waals surface area contributed by atoms with Crippen molar-refractivity contribution in [3.8, 4) is 10.4 Å². The van der Waals surface area contributed by atoms with E-state index in [4.69, 9.17) is 5.73 Å². The summed E-state index contributed by atoms with van der Waals surface area (Å²) in [5.74, 6) is -0.104. The minimum atomic E-state index is -0.104. The molecule has 0 aromatic carbocycles. The van der Waals surface area contributed by atoms with Crippen LogP contribution in [0.1, 0.15) is 10.7 Å². The van der Waals surface area contributed by atoms with Crippen LogP contribution in [0.15, 0.2) is 24.5 Å². The van der Waals surface area contributed by atoms with E-state index < -0.39 is 0 Å². The van der Waals surface area contributed by atoms with Crippen molar-refractivity contribution in [2.45, 2.75) is 13.3 Å². The third kappa shape index (κ3) is 2.91. The minimum absolute atomic E-state index is 0.104. The zero-order valence-corrected chi connectivity index (χ0v) is 10.8. The minimum Gasteiger partial charge on any atom is -0.343 e. The third-order valence-corrected chi connectivity index (χ3v) is 3.60. The summed E-state index contributed by atoms with van der Waals surface area (Å²) >= 11 is 1.53. The summed E-state index contributed by atoms with van der Waals surface area (Å²) in [6, 6.07) is 3.87. The van der Waals surface area contributed by atoms with Gasteiger partial charge in [0.15, 0.2) is 0 Å². The van der Waals surface area contributed by atoms with Crippen LogP contribution in [-0.4, -0.2) is 22.5 Å². The highest BCUT2D eigenvalue weighted by molar-refractivity contribution is 7.15. The number of carbonyl (C=O) groups is 1. The van der Waals surface area contributed by atoms with E-state index in [1.807, 2.05) is 19.1 Å². The fourth-order valence-electron chi connectivity index (χ4n) is 1.61. The molecule has 0 bridgehead atoms. The molecule has 18 heavy (non-hydrogen) atoms. The largest absolute Gasteiger partial charge is 0.343 e. The third-order valence-electron chi connectivity index (χ3n) is 2.39. The highest BCUT2D eigenvalue weighted by Gasteiger charge is 2.12. The van der Waals surface area contributed by atoms with Gasteiger partial charge in [0, 0.05) is 12.4 Å². The van der Waals surface area contributed by atoms with Gasteiger partial charge in [-0.25, -0.2) is 4.98 Å². The summed E-state index contributed by atoms with van der Waals surface area (Å²) in [7, 11) is 0. The Kier molecular flexibility index (Phi) is 4.01. The number of carbonyl (C=O) groups excluding carboxylic acids is 1. The zero-order chi connectivity index (χ0) is 13.0. The lowest BCUT2D eigenvalue weighted by atomic mass is 10.2. The van der Waals surface area contributed by atoms with Crippen LogP contribution >= 0.6 is 11.3 Å². The smallest absolute Gasteiger partial charge is 0.227 e. The van der Waals surface area contributed by atoms with Crippen molar-refractivity contribution in [2.75, 3.05) is 6.67 Å². The molecule has 2 aromatic rings. The molecule has 0 unspecified atom stereocenters. The Balaban J connectivity index is 2.20. The van der Waals surface area contributed by atoms with E-state index in [2.05, 4.69) is 15.3 Å². The molecule has 5 nitrogen and oxygen atoms in total. The lowest BCUT2D eigenvalue weighted by molar-refractivity contribution is -0.120. The van der Waals surface area contributed by atoms with Crippen LogP contribution in [0.5, 0.6) is 0 Å². The molecule has 0 aliphatic carbocycles. The first-order valence-electron chi connectivity index (χ1n) is 5.54. The van der Waals surface area contributed by atoms with Crippen LogP contribution in [0, 0.1) is 6.92 Å². The second-order valence-corrected chi connectivity index (χ2v) is 4.82. The summed E-state index contributed by atoms with van der Waals surface area (Å²) in [6.45, 7) is 2.09. The fourth-order valence-corrected chi connectivity index (χ4v) is 2.68. The van der Waals surface area contributed by atoms with E-state index in [-0.39, 0.29) is 19.0 Å². The second-order valence-electron chi connectivity index (χ2n) is 3.74. The maximum absolute atomic E-state index is 11.4. The average molecular weight is 262 g/mol. The van der Waals surface area contributed by atoms with Gasteiger partial charge in [0.2, 0.25) is 5.91 Å². The van der Waals surface area contributed by atoms with Crippen LogP contribution in [0.4, 0.5) is 0 Å². The number of amides is 1. The summed E-state index contributed by atoms with van der Waals surface area (Å²) in [5, 5.41) is 3.35. The van der Waals surface area contributed by atoms with Crippen molar-refractivity contribution in [2.24, 2.45) is 5.73 Å². The molecule has 0 atom stereocenters. The molecule has 0 aliphatic heterocycles. The van der Waals surface area contributed by atoms with E-state index in [1.165, 1.54) is 11.3 Å². The highest BCUT2D eigenvalue weighted by Crippen LogP contribution is 2.29. The van der Waals surface area contributed by atoms with Crippen LogP contribution in [0.3, 0.4) is 0 Å². The molecular weight excluding hydrogens is 248 g/mol. The van der Waals surface area contributed by atoms with Crippen LogP contribution < -0.4 is 11.1 Å². The first-order chi connectivity index (χ1) is 8.70. The number of thiazole rings is 1. The monoisotopic (exact) mass is 262 g/mol. The number of rotatable bonds is 4. The molecule has 0 fully saturated rings. The number of nitrogens with two attached hydrogens (primary N) is 1. The Morgan fingerprint density at radius 1 is 1.44 bits per heavy atom. The summed E-state index contributed by atoms with van der Waals surface area (Å²) < 4.78 is 0. The standard InChI is InChI=1S/C12H14N4OS/c1-8-12(9-2-4-14-5-3-9)18-11(16-8)6-10(17)15-7-13/h2-5H,6-7,13H2,1H3,(H,15,17). The molecule has 0 saturated carbocycles. The number of hydrogen-bond donors (Lipinski definition) is 2. The van der Waals surface area contributed by atoms with Crippen molar-refractivity contribution >= 4 is 17.2 Å². The molecule has 2 rings (SSSR count). The number of aryl methyl sites for hydroxylation is 1. The Morgan fingerprint density at radius 3 is 2.83 bits per heavy atom. The van der Waals surface area contributed by atoms with E-state index >= 15 is 0 Å². The van der Waals surface area contributed by atoms with Gasteiger partial charge in [0.1, 0.15) is 5.01 Å². The van der Waals surface area contributed by atoms with Crippen molar-refractivity contribution < 1.29 is 4.79 Å². The fraction of sp³-hybridized carbons (Fsp3) is 0.250. The quantitative estimate of drug-likeness (QED) is 0.808. The molecule has 3 N–H and O–H groups in total. The molecule has 0 radical (unpaired) electrons. The lowest BCUT2D eigenvalue weighted by Gasteiger charge is -1.98. The van der Waals surface area contributed by atoms with Crippen molar-refractivity contribution in [1.29, 1.82) is 0 Å². The topological polar surface area (TPSA) is 80.9 Å². The molecule has 2 heterocycles. The number of nitrogens with one attached hydrogen (secondary N) is 1. The van der Waals surface area contributed by atoms with E-state index in [0.717, 1.165) is 21.1 Å². The number of aromatic nitrogens is 2. The molecule has 94 valence electrons. The predicted octanol–water partition coefficient (Wildman–Crippen LogP) is 1.09. The lowest BCUT2D eigenvalue weighted by Crippen LogP contribution is -2.30. The molecule has 1 amide bonds. The van der Waals surface area contributed by atoms with Crippen molar-refractivity contribution in [3.05, 3.63) is 35.2 Å². The summed E-state index contributed by atoms with van der Waals surface area (Å²) in [4.78, 5) is 20.9. The van der Waals surface area contributed by atoms with Crippen LogP contribution in [-0.2, 0) is 11.2 Å². The van der Waals surface area contributed by atoms with E-state index in [1.54, 1.807) is 12.4 Å². The van der Waals surface area contributed by atoms with E-state index in [0.29, 0.717) is 0 Å². The number of nitrogens with zero attached hydrogens (tertiary/aromatic N) is 2. The molecule has 0 spiro atoms. The molecular formula is C12H14N4OS. The maximum atomic E-state index is 11.4. The van der Waals surface area contributed by atoms with Gasteiger partial charge in [-0.3, -0.25) is 9.78 Å². The predicted molar refractivity (Wildman–Crippen MR) is 71.0 cm³/mol. The number of hydrogen-bond acceptors (Lipinski definition) is 5. The van der Waals surface area contributed by atoms with Crippen LogP contribution in [0.2, 0.25) is 0 Å². The van der Waals surface area contributed by atoms with Gasteiger partial charge in [-0.05, 0) is 24.6 Å². The van der Waals surface area contributed by atoms with Gasteiger partial charge in [-0.1, -0.05) is 0 Å². The van der Waals surface area contributed by atoms with Gasteiger partial charge in [-0.15, -0.1) is 11.3 Å². The van der Waals surface area contributed by atoms with Crippen LogP contribution in [0.25, 0.3) is 10.4 Å². The molecule has 0 aliphatic rings. The molecule has 0 saturated heterocycles. The van der Waals surface area contributed by atoms with Gasteiger partial charge in [0.05, 0.1) is 23.7 Å². The highest BCUT2D eigenvalue weighted by atomic mass is 32.1. The van der Waals surface area contributed by atoms with Gasteiger partial charge < -0.3 is 11.1 Å². The number of pyridine rings is 1.